The molecule has 0 aliphatic carbocycles. The van der Waals surface area contributed by atoms with Gasteiger partial charge in [-0.2, -0.15) is 9.40 Å². The summed E-state index contributed by atoms with van der Waals surface area (Å²) in [5.41, 5.74) is 2.19. The molecule has 1 fully saturated rings. The molecule has 12 nitrogen and oxygen atoms in total. The Hall–Kier alpha value is -3.92. The molecule has 5 rings (SSSR count). The van der Waals surface area contributed by atoms with Crippen LogP contribution in [-0.4, -0.2) is 86.1 Å². The van der Waals surface area contributed by atoms with Crippen molar-refractivity contribution >= 4 is 39.0 Å². The molecule has 230 valence electrons. The van der Waals surface area contributed by atoms with E-state index in [1.54, 1.807) is 18.2 Å². The first-order valence-electron chi connectivity index (χ1n) is 13.8. The molecule has 1 aromatic heterocycles. The summed E-state index contributed by atoms with van der Waals surface area (Å²) in [4.78, 5) is 27.9. The van der Waals surface area contributed by atoms with Gasteiger partial charge in [-0.15, -0.1) is 0 Å². The number of likely N-dealkylation sites (N-methyl/N-ethyl adjacent to an activating group) is 1. The van der Waals surface area contributed by atoms with Crippen molar-refractivity contribution < 1.29 is 31.5 Å². The number of aromatic nitrogens is 2. The van der Waals surface area contributed by atoms with E-state index in [1.807, 2.05) is 19.0 Å². The monoisotopic (exact) mass is 617 g/mol. The van der Waals surface area contributed by atoms with Crippen molar-refractivity contribution in [2.75, 3.05) is 56.3 Å². The summed E-state index contributed by atoms with van der Waals surface area (Å²) in [5, 5.41) is 15.8. The Morgan fingerprint density at radius 3 is 2.60 bits per heavy atom. The fourth-order valence-electron chi connectivity index (χ4n) is 4.96. The molecule has 2 amide bonds. The molecule has 1 atom stereocenters. The number of carbonyl (C=O) groups is 2. The van der Waals surface area contributed by atoms with Crippen molar-refractivity contribution in [3.05, 3.63) is 64.9 Å². The fraction of sp³-hybridized carbons (Fsp3) is 0.393. The van der Waals surface area contributed by atoms with Gasteiger partial charge in [-0.3, -0.25) is 14.7 Å². The summed E-state index contributed by atoms with van der Waals surface area (Å²) in [6.07, 6.45) is 0.975. The van der Waals surface area contributed by atoms with Crippen LogP contribution in [0, 0.1) is 11.6 Å². The van der Waals surface area contributed by atoms with Gasteiger partial charge in [0.25, 0.3) is 11.8 Å². The maximum absolute atomic E-state index is 13.8. The maximum Gasteiger partial charge on any atom is 0.258 e. The van der Waals surface area contributed by atoms with Gasteiger partial charge < -0.3 is 25.6 Å². The quantitative estimate of drug-likeness (QED) is 0.272. The molecule has 0 saturated carbocycles. The highest BCUT2D eigenvalue weighted by atomic mass is 32.2. The van der Waals surface area contributed by atoms with Gasteiger partial charge in [0, 0.05) is 62.2 Å². The summed E-state index contributed by atoms with van der Waals surface area (Å²) in [6, 6.07) is 7.09. The highest BCUT2D eigenvalue weighted by Gasteiger charge is 2.32. The molecule has 0 unspecified atom stereocenters. The van der Waals surface area contributed by atoms with Crippen molar-refractivity contribution in [2.24, 2.45) is 0 Å². The third kappa shape index (κ3) is 7.01. The van der Waals surface area contributed by atoms with Crippen LogP contribution in [0.5, 0.6) is 0 Å². The molecule has 2 aliphatic rings. The molecule has 0 spiro atoms. The molecule has 0 bridgehead atoms. The predicted octanol–water partition coefficient (Wildman–Crippen LogP) is 2.78. The largest absolute Gasteiger partial charge is 0.384 e. The van der Waals surface area contributed by atoms with Crippen LogP contribution in [0.4, 0.5) is 26.0 Å². The van der Waals surface area contributed by atoms with Crippen molar-refractivity contribution in [3.63, 3.8) is 0 Å². The normalized spacial score (nSPS) is 17.1. The Morgan fingerprint density at radius 1 is 1.14 bits per heavy atom. The van der Waals surface area contributed by atoms with Gasteiger partial charge in [0.05, 0.1) is 16.1 Å². The minimum Gasteiger partial charge on any atom is -0.384 e. The summed E-state index contributed by atoms with van der Waals surface area (Å²) in [5.74, 6) is -2.84. The minimum atomic E-state index is -4.24. The van der Waals surface area contributed by atoms with Crippen LogP contribution in [0.2, 0.25) is 0 Å². The summed E-state index contributed by atoms with van der Waals surface area (Å²) in [7, 11) is -0.341. The van der Waals surface area contributed by atoms with E-state index < -0.39 is 38.6 Å². The summed E-state index contributed by atoms with van der Waals surface area (Å²) < 4.78 is 60.5. The van der Waals surface area contributed by atoms with E-state index in [0.717, 1.165) is 29.4 Å². The number of aromatic amines is 1. The average Bonchev–Trinajstić information content (AvgIpc) is 3.63. The lowest BCUT2D eigenvalue weighted by atomic mass is 10.1. The van der Waals surface area contributed by atoms with Crippen LogP contribution in [0.1, 0.15) is 34.5 Å². The number of hydrogen-bond donors (Lipinski definition) is 4. The van der Waals surface area contributed by atoms with Gasteiger partial charge in [-0.1, -0.05) is 0 Å². The Kier molecular flexibility index (Phi) is 9.05. The highest BCUT2D eigenvalue weighted by Crippen LogP contribution is 2.30. The minimum absolute atomic E-state index is 0.0464. The number of halogens is 2. The standard InChI is InChI=1S/C28H33F2N7O5S/c1-36(2)10-8-31-19-5-6-21(24(15-19)32-28(39)25-4-3-11-42-25)27(38)33-26-22-16-37(9-7-23(22)34-35-26)43(40,41)20-13-17(29)12-18(30)14-20/h5-6,12-15,25,31H,3-4,7-11,16H2,1-2H3,(H,32,39)(H2,33,34,35,38)/t25-/m1/s1. The number of amides is 2. The second kappa shape index (κ2) is 12.8. The van der Waals surface area contributed by atoms with Crippen LogP contribution in [0.15, 0.2) is 41.3 Å². The van der Waals surface area contributed by atoms with Crippen LogP contribution in [-0.2, 0) is 32.5 Å². The molecule has 0 radical (unpaired) electrons. The van der Waals surface area contributed by atoms with Crippen LogP contribution in [0.3, 0.4) is 0 Å². The SMILES string of the molecule is CN(C)CCNc1ccc(C(=O)Nc2n[nH]c3c2CN(S(=O)(=O)c2cc(F)cc(F)c2)CC3)c(NC(=O)[C@H]2CCCO2)c1. The maximum atomic E-state index is 13.8. The Bertz CT molecular complexity index is 1600. The first-order chi connectivity index (χ1) is 20.5. The number of carbonyl (C=O) groups excluding carboxylic acids is 2. The number of nitrogens with zero attached hydrogens (tertiary/aromatic N) is 3. The number of anilines is 3. The van der Waals surface area contributed by atoms with Gasteiger partial charge in [0.15, 0.2) is 5.82 Å². The Labute approximate surface area is 247 Å². The first kappa shape index (κ1) is 30.5. The number of nitrogens with one attached hydrogen (secondary N) is 4. The number of hydrogen-bond acceptors (Lipinski definition) is 8. The number of benzene rings is 2. The van der Waals surface area contributed by atoms with E-state index in [4.69, 9.17) is 4.74 Å². The number of H-pyrrole nitrogens is 1. The van der Waals surface area contributed by atoms with Gasteiger partial charge >= 0.3 is 0 Å². The second-order valence-electron chi connectivity index (χ2n) is 10.7. The number of fused-ring (bicyclic) bond motifs is 1. The van der Waals surface area contributed by atoms with E-state index in [9.17, 15) is 26.8 Å². The Morgan fingerprint density at radius 2 is 1.91 bits per heavy atom. The molecular formula is C28H33F2N7O5S. The van der Waals surface area contributed by atoms with E-state index in [0.29, 0.717) is 42.6 Å². The smallest absolute Gasteiger partial charge is 0.258 e. The van der Waals surface area contributed by atoms with Crippen molar-refractivity contribution in [1.82, 2.24) is 19.4 Å². The Balaban J connectivity index is 1.37. The number of rotatable bonds is 10. The first-order valence-corrected chi connectivity index (χ1v) is 15.2. The van der Waals surface area contributed by atoms with Gasteiger partial charge in [0.2, 0.25) is 10.0 Å². The second-order valence-corrected chi connectivity index (χ2v) is 12.6. The van der Waals surface area contributed by atoms with Gasteiger partial charge in [-0.05, 0) is 57.3 Å². The molecule has 4 N–H and O–H groups in total. The van der Waals surface area contributed by atoms with Crippen LogP contribution >= 0.6 is 0 Å². The zero-order chi connectivity index (χ0) is 30.7. The van der Waals surface area contributed by atoms with Gasteiger partial charge in [0.1, 0.15) is 17.7 Å². The number of ether oxygens (including phenoxy) is 1. The van der Waals surface area contributed by atoms with Crippen molar-refractivity contribution in [3.8, 4) is 0 Å². The average molecular weight is 618 g/mol. The zero-order valence-corrected chi connectivity index (χ0v) is 24.6. The van der Waals surface area contributed by atoms with E-state index in [1.165, 1.54) is 0 Å². The zero-order valence-electron chi connectivity index (χ0n) is 23.7. The van der Waals surface area contributed by atoms with Gasteiger partial charge in [-0.25, -0.2) is 17.2 Å². The molecular weight excluding hydrogens is 584 g/mol. The predicted molar refractivity (Wildman–Crippen MR) is 155 cm³/mol. The molecule has 15 heteroatoms. The van der Waals surface area contributed by atoms with Crippen LogP contribution < -0.4 is 16.0 Å². The fourth-order valence-corrected chi connectivity index (χ4v) is 6.41. The van der Waals surface area contributed by atoms with E-state index >= 15 is 0 Å². The topological polar surface area (TPSA) is 149 Å². The molecule has 2 aromatic carbocycles. The highest BCUT2D eigenvalue weighted by molar-refractivity contribution is 7.89. The molecule has 1 saturated heterocycles. The third-order valence-corrected chi connectivity index (χ3v) is 9.06. The summed E-state index contributed by atoms with van der Waals surface area (Å²) >= 11 is 0. The molecule has 3 heterocycles. The molecule has 43 heavy (non-hydrogen) atoms. The van der Waals surface area contributed by atoms with E-state index in [2.05, 4.69) is 26.1 Å². The number of sulfonamides is 1. The molecule has 2 aliphatic heterocycles. The van der Waals surface area contributed by atoms with Crippen molar-refractivity contribution in [1.29, 1.82) is 0 Å². The lowest BCUT2D eigenvalue weighted by molar-refractivity contribution is -0.124. The summed E-state index contributed by atoms with van der Waals surface area (Å²) in [6.45, 7) is 1.76. The van der Waals surface area contributed by atoms with Crippen molar-refractivity contribution in [2.45, 2.75) is 36.8 Å². The van der Waals surface area contributed by atoms with E-state index in [-0.39, 0.29) is 42.5 Å². The van der Waals surface area contributed by atoms with Crippen LogP contribution in [0.25, 0.3) is 0 Å². The third-order valence-electron chi connectivity index (χ3n) is 7.24. The lowest BCUT2D eigenvalue weighted by Crippen LogP contribution is -2.36. The molecule has 3 aromatic rings. The lowest BCUT2D eigenvalue weighted by Gasteiger charge is -2.26.